The van der Waals surface area contributed by atoms with Crippen molar-refractivity contribution >= 4 is 33.2 Å². The number of furan rings is 1. The average molecular weight is 325 g/mol. The van der Waals surface area contributed by atoms with Gasteiger partial charge in [0.05, 0.1) is 4.92 Å². The Morgan fingerprint density at radius 1 is 1.37 bits per heavy atom. The van der Waals surface area contributed by atoms with E-state index in [1.54, 1.807) is 19.1 Å². The number of aryl methyl sites for hydroxylation is 1. The first-order valence-electron chi connectivity index (χ1n) is 5.29. The molecule has 0 bridgehead atoms. The molecule has 0 fully saturated rings. The van der Waals surface area contributed by atoms with Gasteiger partial charge in [0.2, 0.25) is 0 Å². The van der Waals surface area contributed by atoms with Gasteiger partial charge in [0, 0.05) is 6.07 Å². The summed E-state index contributed by atoms with van der Waals surface area (Å²) in [5.41, 5.74) is 0.786. The summed E-state index contributed by atoms with van der Waals surface area (Å²) >= 11 is 3.08. The summed E-state index contributed by atoms with van der Waals surface area (Å²) < 4.78 is 5.50. The molecular formula is C12H9BrN2O4. The molecule has 0 spiro atoms. The molecule has 0 aliphatic carbocycles. The fourth-order valence-corrected chi connectivity index (χ4v) is 1.84. The molecule has 1 aromatic carbocycles. The van der Waals surface area contributed by atoms with Crippen molar-refractivity contribution in [1.82, 2.24) is 0 Å². The number of anilines is 1. The SMILES string of the molecule is Cc1ccc([N+](=O)[O-])c(NC(=O)c2ccc(Br)o2)c1. The minimum atomic E-state index is -0.549. The van der Waals surface area contributed by atoms with E-state index >= 15 is 0 Å². The minimum Gasteiger partial charge on any atom is -0.444 e. The van der Waals surface area contributed by atoms with Crippen LogP contribution >= 0.6 is 15.9 Å². The predicted octanol–water partition coefficient (Wildman–Crippen LogP) is 3.51. The van der Waals surface area contributed by atoms with E-state index in [0.717, 1.165) is 5.56 Å². The van der Waals surface area contributed by atoms with Crippen LogP contribution in [-0.4, -0.2) is 10.8 Å². The number of rotatable bonds is 3. The van der Waals surface area contributed by atoms with Gasteiger partial charge in [-0.15, -0.1) is 0 Å². The summed E-state index contributed by atoms with van der Waals surface area (Å²) in [5, 5.41) is 13.3. The Balaban J connectivity index is 2.30. The van der Waals surface area contributed by atoms with E-state index in [2.05, 4.69) is 21.2 Å². The Bertz CT molecular complexity index is 651. The third-order valence-electron chi connectivity index (χ3n) is 2.39. The average Bonchev–Trinajstić information content (AvgIpc) is 2.75. The molecule has 0 saturated heterocycles. The van der Waals surface area contributed by atoms with Crippen molar-refractivity contribution in [3.63, 3.8) is 0 Å². The number of carbonyl (C=O) groups is 1. The Morgan fingerprint density at radius 2 is 2.11 bits per heavy atom. The maximum absolute atomic E-state index is 11.9. The Hall–Kier alpha value is -2.15. The van der Waals surface area contributed by atoms with E-state index in [1.807, 2.05) is 0 Å². The highest BCUT2D eigenvalue weighted by molar-refractivity contribution is 9.10. The number of carbonyl (C=O) groups excluding carboxylic acids is 1. The topological polar surface area (TPSA) is 85.4 Å². The number of halogens is 1. The molecule has 0 atom stereocenters. The molecule has 7 heteroatoms. The Labute approximate surface area is 116 Å². The van der Waals surface area contributed by atoms with E-state index in [4.69, 9.17) is 4.42 Å². The van der Waals surface area contributed by atoms with E-state index in [0.29, 0.717) is 4.67 Å². The molecule has 0 aliphatic heterocycles. The van der Waals surface area contributed by atoms with Crippen molar-refractivity contribution in [3.8, 4) is 0 Å². The van der Waals surface area contributed by atoms with Crippen molar-refractivity contribution in [2.24, 2.45) is 0 Å². The minimum absolute atomic E-state index is 0.0719. The van der Waals surface area contributed by atoms with Crippen molar-refractivity contribution < 1.29 is 14.1 Å². The number of amides is 1. The summed E-state index contributed by atoms with van der Waals surface area (Å²) in [7, 11) is 0. The first-order chi connectivity index (χ1) is 8.97. The van der Waals surface area contributed by atoms with Gasteiger partial charge in [-0.1, -0.05) is 6.07 Å². The van der Waals surface area contributed by atoms with Gasteiger partial charge in [-0.3, -0.25) is 14.9 Å². The van der Waals surface area contributed by atoms with Crippen LogP contribution in [0.1, 0.15) is 16.1 Å². The van der Waals surface area contributed by atoms with Gasteiger partial charge in [0.1, 0.15) is 5.69 Å². The van der Waals surface area contributed by atoms with Crippen LogP contribution in [0.5, 0.6) is 0 Å². The van der Waals surface area contributed by atoms with E-state index in [-0.39, 0.29) is 17.1 Å². The number of nitrogens with zero attached hydrogens (tertiary/aromatic N) is 1. The van der Waals surface area contributed by atoms with Gasteiger partial charge in [0.25, 0.3) is 11.6 Å². The van der Waals surface area contributed by atoms with Gasteiger partial charge in [-0.05, 0) is 46.6 Å². The lowest BCUT2D eigenvalue weighted by atomic mass is 10.2. The zero-order chi connectivity index (χ0) is 14.0. The van der Waals surface area contributed by atoms with Crippen LogP contribution in [0.15, 0.2) is 39.4 Å². The normalized spacial score (nSPS) is 10.2. The zero-order valence-corrected chi connectivity index (χ0v) is 11.4. The van der Waals surface area contributed by atoms with Crippen molar-refractivity contribution in [2.75, 3.05) is 5.32 Å². The molecule has 0 radical (unpaired) electrons. The first-order valence-corrected chi connectivity index (χ1v) is 6.08. The summed E-state index contributed by atoms with van der Waals surface area (Å²) in [6, 6.07) is 7.54. The lowest BCUT2D eigenvalue weighted by molar-refractivity contribution is -0.383. The smallest absolute Gasteiger partial charge is 0.292 e. The molecule has 2 aromatic rings. The summed E-state index contributed by atoms with van der Waals surface area (Å²) in [6.07, 6.45) is 0. The fraction of sp³-hybridized carbons (Fsp3) is 0.0833. The van der Waals surface area contributed by atoms with Gasteiger partial charge in [0.15, 0.2) is 10.4 Å². The van der Waals surface area contributed by atoms with Crippen LogP contribution in [0.3, 0.4) is 0 Å². The predicted molar refractivity (Wildman–Crippen MR) is 72.2 cm³/mol. The highest BCUT2D eigenvalue weighted by atomic mass is 79.9. The largest absolute Gasteiger partial charge is 0.444 e. The van der Waals surface area contributed by atoms with E-state index in [9.17, 15) is 14.9 Å². The van der Waals surface area contributed by atoms with Gasteiger partial charge < -0.3 is 9.73 Å². The van der Waals surface area contributed by atoms with Crippen molar-refractivity contribution in [2.45, 2.75) is 6.92 Å². The fourth-order valence-electron chi connectivity index (χ4n) is 1.53. The monoisotopic (exact) mass is 324 g/mol. The standard InChI is InChI=1S/C12H9BrN2O4/c1-7-2-3-9(15(17)18)8(6-7)14-12(16)10-4-5-11(13)19-10/h2-6H,1H3,(H,14,16). The van der Waals surface area contributed by atoms with Crippen LogP contribution < -0.4 is 5.32 Å². The number of hydrogen-bond donors (Lipinski definition) is 1. The molecule has 0 aliphatic rings. The van der Waals surface area contributed by atoms with Crippen LogP contribution in [0.25, 0.3) is 0 Å². The van der Waals surface area contributed by atoms with Crippen LogP contribution in [-0.2, 0) is 0 Å². The zero-order valence-electron chi connectivity index (χ0n) is 9.84. The quantitative estimate of drug-likeness (QED) is 0.691. The number of hydrogen-bond acceptors (Lipinski definition) is 4. The van der Waals surface area contributed by atoms with E-state index < -0.39 is 10.8 Å². The van der Waals surface area contributed by atoms with Crippen LogP contribution in [0, 0.1) is 17.0 Å². The number of nitro benzene ring substituents is 1. The molecule has 6 nitrogen and oxygen atoms in total. The first kappa shape index (κ1) is 13.3. The third-order valence-corrected chi connectivity index (χ3v) is 2.82. The molecule has 2 rings (SSSR count). The molecule has 1 aromatic heterocycles. The lowest BCUT2D eigenvalue weighted by Gasteiger charge is -2.05. The molecule has 19 heavy (non-hydrogen) atoms. The maximum Gasteiger partial charge on any atom is 0.292 e. The highest BCUT2D eigenvalue weighted by Gasteiger charge is 2.18. The van der Waals surface area contributed by atoms with Gasteiger partial charge in [-0.2, -0.15) is 0 Å². The molecular weight excluding hydrogens is 316 g/mol. The Kier molecular flexibility index (Phi) is 3.66. The number of nitro groups is 1. The van der Waals surface area contributed by atoms with Crippen LogP contribution in [0.4, 0.5) is 11.4 Å². The molecule has 0 unspecified atom stereocenters. The number of benzene rings is 1. The molecule has 0 saturated carbocycles. The van der Waals surface area contributed by atoms with E-state index in [1.165, 1.54) is 18.2 Å². The highest BCUT2D eigenvalue weighted by Crippen LogP contribution is 2.26. The third kappa shape index (κ3) is 3.00. The second-order valence-corrected chi connectivity index (χ2v) is 4.62. The molecule has 1 N–H and O–H groups in total. The van der Waals surface area contributed by atoms with Crippen LogP contribution in [0.2, 0.25) is 0 Å². The van der Waals surface area contributed by atoms with Gasteiger partial charge >= 0.3 is 0 Å². The Morgan fingerprint density at radius 3 is 2.68 bits per heavy atom. The second kappa shape index (κ2) is 5.23. The summed E-state index contributed by atoms with van der Waals surface area (Å²) in [6.45, 7) is 1.78. The lowest BCUT2D eigenvalue weighted by Crippen LogP contribution is -2.12. The summed E-state index contributed by atoms with van der Waals surface area (Å²) in [4.78, 5) is 22.2. The van der Waals surface area contributed by atoms with Crippen molar-refractivity contribution in [1.29, 1.82) is 0 Å². The molecule has 98 valence electrons. The maximum atomic E-state index is 11.9. The molecule has 1 heterocycles. The number of nitrogens with one attached hydrogen (secondary N) is 1. The van der Waals surface area contributed by atoms with Gasteiger partial charge in [-0.25, -0.2) is 0 Å². The van der Waals surface area contributed by atoms with Crippen molar-refractivity contribution in [3.05, 3.63) is 56.4 Å². The molecule has 1 amide bonds. The second-order valence-electron chi connectivity index (χ2n) is 3.84. The summed E-state index contributed by atoms with van der Waals surface area (Å²) in [5.74, 6) is -0.470.